The molecule has 1 aliphatic carbocycles. The Morgan fingerprint density at radius 2 is 1.21 bits per heavy atom. The highest BCUT2D eigenvalue weighted by molar-refractivity contribution is 6.02. The van der Waals surface area contributed by atoms with E-state index in [-0.39, 0.29) is 0 Å². The van der Waals surface area contributed by atoms with Crippen LogP contribution >= 0.6 is 0 Å². The van der Waals surface area contributed by atoms with Crippen molar-refractivity contribution in [3.8, 4) is 33.8 Å². The van der Waals surface area contributed by atoms with Crippen LogP contribution in [0.1, 0.15) is 51.4 Å². The van der Waals surface area contributed by atoms with Crippen LogP contribution < -0.4 is 9.64 Å². The summed E-state index contributed by atoms with van der Waals surface area (Å²) in [7, 11) is 0. The van der Waals surface area contributed by atoms with Gasteiger partial charge >= 0.3 is 0 Å². The first kappa shape index (κ1) is 41.7. The Balaban J connectivity index is 0.998. The molecule has 2 aliphatic rings. The van der Waals surface area contributed by atoms with E-state index < -0.39 is 5.41 Å². The smallest absolute Gasteiger partial charge is 0.132 e. The van der Waals surface area contributed by atoms with Crippen molar-refractivity contribution in [1.82, 2.24) is 0 Å². The van der Waals surface area contributed by atoms with Gasteiger partial charge in [0.15, 0.2) is 0 Å². The van der Waals surface area contributed by atoms with E-state index in [2.05, 4.69) is 200 Å². The predicted octanol–water partition coefficient (Wildman–Crippen LogP) is 15.5. The Morgan fingerprint density at radius 1 is 0.606 bits per heavy atom. The van der Waals surface area contributed by atoms with Crippen molar-refractivity contribution >= 4 is 29.5 Å². The fraction of sp³-hybridized carbons (Fsp3) is 0.0645. The summed E-state index contributed by atoms with van der Waals surface area (Å²) in [5.74, 6) is 1.71. The van der Waals surface area contributed by atoms with Crippen molar-refractivity contribution in [2.24, 2.45) is 9.98 Å². The third-order valence-corrected chi connectivity index (χ3v) is 12.8. The first-order chi connectivity index (χ1) is 32.5. The van der Waals surface area contributed by atoms with Gasteiger partial charge < -0.3 is 9.64 Å². The van der Waals surface area contributed by atoms with E-state index in [4.69, 9.17) is 9.73 Å². The van der Waals surface area contributed by atoms with Crippen molar-refractivity contribution in [1.29, 1.82) is 0 Å². The Hall–Kier alpha value is -8.34. The molecule has 1 heterocycles. The highest BCUT2D eigenvalue weighted by Crippen LogP contribution is 2.62. The summed E-state index contributed by atoms with van der Waals surface area (Å²) in [6.45, 7) is 15.1. The molecular formula is C62H49N3O. The van der Waals surface area contributed by atoms with Crippen LogP contribution in [0.25, 0.3) is 28.0 Å². The monoisotopic (exact) mass is 851 g/mol. The molecule has 0 saturated heterocycles. The zero-order chi connectivity index (χ0) is 45.0. The molecule has 0 aromatic heterocycles. The number of hydrogen-bond donors (Lipinski definition) is 0. The molecule has 4 nitrogen and oxygen atoms in total. The number of allylic oxidation sites excluding steroid dienone is 4. The van der Waals surface area contributed by atoms with Crippen LogP contribution in [-0.4, -0.2) is 12.4 Å². The number of rotatable bonds is 13. The molecular weight excluding hydrogens is 803 g/mol. The summed E-state index contributed by atoms with van der Waals surface area (Å²) in [6.07, 6.45) is 9.05. The molecule has 0 radical (unpaired) electrons. The lowest BCUT2D eigenvalue weighted by atomic mass is 9.65. The summed E-state index contributed by atoms with van der Waals surface area (Å²) < 4.78 is 6.67. The Morgan fingerprint density at radius 3 is 1.91 bits per heavy atom. The van der Waals surface area contributed by atoms with Gasteiger partial charge in [-0.3, -0.25) is 9.98 Å². The zero-order valence-corrected chi connectivity index (χ0v) is 37.1. The average molecular weight is 852 g/mol. The standard InChI is InChI=1S/C62H49N3O/c1-5-19-51(65(42-46-20-8-6-9-21-46)59-29-15-14-28-58(59)63-4)25-18-22-45-32-34-48(35-33-45)50-37-39-53-52-38-36-49(44(3)64-43(2)47-23-10-7-11-24-47)40-56(52)62(57(53)41-50)54-26-12-16-30-60(54)66-61-31-17-13-27-55(61)62/h5-21,23-41H,1,3-4,22,42H2,2H3/b25-18-,51-19+,64-43?. The third kappa shape index (κ3) is 7.63. The lowest BCUT2D eigenvalue weighted by Crippen LogP contribution is -2.32. The predicted molar refractivity (Wildman–Crippen MR) is 276 cm³/mol. The fourth-order valence-corrected chi connectivity index (χ4v) is 9.68. The highest BCUT2D eigenvalue weighted by atomic mass is 16.5. The van der Waals surface area contributed by atoms with Gasteiger partial charge in [-0.25, -0.2) is 0 Å². The molecule has 8 aromatic rings. The van der Waals surface area contributed by atoms with Crippen LogP contribution in [0.5, 0.6) is 11.5 Å². The largest absolute Gasteiger partial charge is 0.457 e. The van der Waals surface area contributed by atoms with E-state index in [1.165, 1.54) is 33.4 Å². The normalized spacial score (nSPS) is 13.3. The van der Waals surface area contributed by atoms with Crippen LogP contribution in [0.2, 0.25) is 0 Å². The molecule has 0 fully saturated rings. The number of fused-ring (bicyclic) bond motifs is 9. The molecule has 0 bridgehead atoms. The average Bonchev–Trinajstić information content (AvgIpc) is 3.65. The van der Waals surface area contributed by atoms with Gasteiger partial charge in [0.1, 0.15) is 11.5 Å². The molecule has 0 N–H and O–H groups in total. The van der Waals surface area contributed by atoms with Crippen LogP contribution in [0, 0.1) is 0 Å². The molecule has 1 spiro atoms. The van der Waals surface area contributed by atoms with Gasteiger partial charge in [-0.15, -0.1) is 0 Å². The second kappa shape index (κ2) is 18.0. The maximum Gasteiger partial charge on any atom is 0.132 e. The van der Waals surface area contributed by atoms with E-state index in [1.807, 2.05) is 55.5 Å². The van der Waals surface area contributed by atoms with Crippen molar-refractivity contribution < 1.29 is 4.74 Å². The Bertz CT molecular complexity index is 3180. The van der Waals surface area contributed by atoms with E-state index in [1.54, 1.807) is 0 Å². The minimum atomic E-state index is -0.640. The molecule has 0 amide bonds. The second-order valence-corrected chi connectivity index (χ2v) is 16.7. The van der Waals surface area contributed by atoms with Gasteiger partial charge in [0, 0.05) is 29.1 Å². The summed E-state index contributed by atoms with van der Waals surface area (Å²) in [5.41, 5.74) is 17.7. The summed E-state index contributed by atoms with van der Waals surface area (Å²) in [6, 6.07) is 68.5. The number of para-hydroxylation sites is 4. The van der Waals surface area contributed by atoms with Gasteiger partial charge in [-0.05, 0) is 124 Å². The fourth-order valence-electron chi connectivity index (χ4n) is 9.68. The molecule has 0 unspecified atom stereocenters. The van der Waals surface area contributed by atoms with Crippen molar-refractivity contribution in [3.05, 3.63) is 282 Å². The zero-order valence-electron chi connectivity index (χ0n) is 37.1. The van der Waals surface area contributed by atoms with Crippen molar-refractivity contribution in [2.75, 3.05) is 4.90 Å². The third-order valence-electron chi connectivity index (χ3n) is 12.8. The minimum Gasteiger partial charge on any atom is -0.457 e. The maximum atomic E-state index is 6.67. The lowest BCUT2D eigenvalue weighted by molar-refractivity contribution is 0.436. The number of anilines is 1. The van der Waals surface area contributed by atoms with Crippen LogP contribution in [0.15, 0.2) is 247 Å². The summed E-state index contributed by atoms with van der Waals surface area (Å²) >= 11 is 0. The van der Waals surface area contributed by atoms with Gasteiger partial charge in [0.25, 0.3) is 0 Å². The summed E-state index contributed by atoms with van der Waals surface area (Å²) in [5, 5.41) is 0. The minimum absolute atomic E-state index is 0.640. The molecule has 0 atom stereocenters. The number of nitrogens with zero attached hydrogens (tertiary/aromatic N) is 3. The van der Waals surface area contributed by atoms with Crippen molar-refractivity contribution in [3.63, 3.8) is 0 Å². The van der Waals surface area contributed by atoms with Gasteiger partial charge in [-0.1, -0.05) is 183 Å². The van der Waals surface area contributed by atoms with Gasteiger partial charge in [0.05, 0.1) is 22.5 Å². The lowest BCUT2D eigenvalue weighted by Gasteiger charge is -2.39. The molecule has 318 valence electrons. The van der Waals surface area contributed by atoms with Gasteiger partial charge in [-0.2, -0.15) is 0 Å². The van der Waals surface area contributed by atoms with Crippen LogP contribution in [-0.2, 0) is 18.4 Å². The molecule has 10 rings (SSSR count). The van der Waals surface area contributed by atoms with E-state index in [0.29, 0.717) is 6.54 Å². The summed E-state index contributed by atoms with van der Waals surface area (Å²) in [4.78, 5) is 11.7. The van der Waals surface area contributed by atoms with Crippen LogP contribution in [0.4, 0.5) is 11.4 Å². The van der Waals surface area contributed by atoms with E-state index in [0.717, 1.165) is 79.8 Å². The molecule has 8 aromatic carbocycles. The number of ether oxygens (including phenoxy) is 1. The highest BCUT2D eigenvalue weighted by Gasteiger charge is 2.51. The number of hydrogen-bond acceptors (Lipinski definition) is 4. The van der Waals surface area contributed by atoms with Crippen LogP contribution in [0.3, 0.4) is 0 Å². The number of benzene rings is 8. The van der Waals surface area contributed by atoms with E-state index >= 15 is 0 Å². The number of aliphatic imine (C=N–C) groups is 2. The molecule has 4 heteroatoms. The SMILES string of the molecule is C=C/C=C(\C=C/Cc1ccc(-c2ccc3c(c2)C2(c4ccccc4Oc4ccccc42)c2cc(C(=C)N=C(C)c4ccccc4)ccc2-3)cc1)N(Cc1ccccc1)c1ccccc1N=C. The Kier molecular flexibility index (Phi) is 11.4. The maximum absolute atomic E-state index is 6.67. The molecule has 1 aliphatic heterocycles. The molecule has 0 saturated carbocycles. The molecule has 66 heavy (non-hydrogen) atoms. The first-order valence-electron chi connectivity index (χ1n) is 22.4. The quantitative estimate of drug-likeness (QED) is 0.0856. The van der Waals surface area contributed by atoms with E-state index in [9.17, 15) is 0 Å². The Labute approximate surface area is 388 Å². The first-order valence-corrected chi connectivity index (χ1v) is 22.4. The topological polar surface area (TPSA) is 37.2 Å². The van der Waals surface area contributed by atoms with Gasteiger partial charge in [0.2, 0.25) is 0 Å². The van der Waals surface area contributed by atoms with Crippen molar-refractivity contribution in [2.45, 2.75) is 25.3 Å². The second-order valence-electron chi connectivity index (χ2n) is 16.7.